The van der Waals surface area contributed by atoms with E-state index in [1.165, 1.54) is 25.7 Å². The van der Waals surface area contributed by atoms with Gasteiger partial charge < -0.3 is 0 Å². The summed E-state index contributed by atoms with van der Waals surface area (Å²) in [6, 6.07) is 0. The van der Waals surface area contributed by atoms with E-state index in [4.69, 9.17) is 0 Å². The summed E-state index contributed by atoms with van der Waals surface area (Å²) in [4.78, 5) is 0. The Labute approximate surface area is 106 Å². The van der Waals surface area contributed by atoms with Crippen LogP contribution in [0.1, 0.15) is 58.3 Å². The number of unbranched alkanes of at least 4 members (excludes halogenated alkanes) is 6. The molecule has 0 rings (SSSR count). The molecule has 0 unspecified atom stereocenters. The molecule has 17 heavy (non-hydrogen) atoms. The molecular formula is C13H26O3S. The van der Waals surface area contributed by atoms with Gasteiger partial charge in [-0.15, -0.1) is 0 Å². The van der Waals surface area contributed by atoms with Crippen LogP contribution in [0.2, 0.25) is 0 Å². The minimum absolute atomic E-state index is 0.325. The highest BCUT2D eigenvalue weighted by Gasteiger charge is 1.99. The summed E-state index contributed by atoms with van der Waals surface area (Å²) >= 11 is 0. The Morgan fingerprint density at radius 2 is 1.53 bits per heavy atom. The molecule has 0 aromatic carbocycles. The average Bonchev–Trinajstić information content (AvgIpc) is 2.24. The van der Waals surface area contributed by atoms with Crippen molar-refractivity contribution >= 4 is 10.1 Å². The van der Waals surface area contributed by atoms with Crippen molar-refractivity contribution in [1.82, 2.24) is 0 Å². The van der Waals surface area contributed by atoms with Gasteiger partial charge in [0.15, 0.2) is 0 Å². The van der Waals surface area contributed by atoms with Crippen molar-refractivity contribution in [3.63, 3.8) is 0 Å². The molecule has 0 aromatic heterocycles. The summed E-state index contributed by atoms with van der Waals surface area (Å²) in [7, 11) is -3.25. The number of rotatable bonds is 11. The zero-order valence-corrected chi connectivity index (χ0v) is 12.0. The Kier molecular flexibility index (Phi) is 10.6. The molecule has 0 atom stereocenters. The highest BCUT2D eigenvalue weighted by atomic mass is 32.2. The molecule has 0 amide bonds. The predicted octanol–water partition coefficient (Wildman–Crippen LogP) is 3.66. The molecule has 0 N–H and O–H groups in total. The van der Waals surface area contributed by atoms with E-state index >= 15 is 0 Å². The summed E-state index contributed by atoms with van der Waals surface area (Å²) in [5, 5.41) is 0. The Balaban J connectivity index is 3.16. The van der Waals surface area contributed by atoms with Gasteiger partial charge >= 0.3 is 0 Å². The Bertz CT molecular complexity index is 281. The van der Waals surface area contributed by atoms with Crippen molar-refractivity contribution in [2.45, 2.75) is 58.3 Å². The SMILES string of the molecule is CCCCC=CCCCCCCOS(C)(=O)=O. The summed E-state index contributed by atoms with van der Waals surface area (Å²) in [6.07, 6.45) is 14.7. The second-order valence-electron chi connectivity index (χ2n) is 4.34. The minimum Gasteiger partial charge on any atom is -0.270 e. The van der Waals surface area contributed by atoms with Crippen LogP contribution in [0, 0.1) is 0 Å². The maximum atomic E-state index is 10.7. The highest BCUT2D eigenvalue weighted by Crippen LogP contribution is 2.05. The fourth-order valence-corrected chi connectivity index (χ4v) is 1.91. The lowest BCUT2D eigenvalue weighted by atomic mass is 10.1. The lowest BCUT2D eigenvalue weighted by Gasteiger charge is -2.00. The van der Waals surface area contributed by atoms with Crippen LogP contribution in [-0.2, 0) is 14.3 Å². The van der Waals surface area contributed by atoms with Gasteiger partial charge in [0.2, 0.25) is 0 Å². The lowest BCUT2D eigenvalue weighted by molar-refractivity contribution is 0.310. The van der Waals surface area contributed by atoms with Gasteiger partial charge in [-0.25, -0.2) is 0 Å². The molecule has 0 spiro atoms. The first kappa shape index (κ1) is 16.6. The van der Waals surface area contributed by atoms with E-state index in [9.17, 15) is 8.42 Å². The highest BCUT2D eigenvalue weighted by molar-refractivity contribution is 7.85. The Morgan fingerprint density at radius 1 is 0.941 bits per heavy atom. The molecule has 0 saturated carbocycles. The predicted molar refractivity (Wildman–Crippen MR) is 72.5 cm³/mol. The smallest absolute Gasteiger partial charge is 0.264 e. The van der Waals surface area contributed by atoms with Crippen molar-refractivity contribution in [3.05, 3.63) is 12.2 Å². The lowest BCUT2D eigenvalue weighted by Crippen LogP contribution is -2.03. The van der Waals surface area contributed by atoms with Gasteiger partial charge in [0.25, 0.3) is 10.1 Å². The fourth-order valence-electron chi connectivity index (χ4n) is 1.49. The topological polar surface area (TPSA) is 43.4 Å². The van der Waals surface area contributed by atoms with E-state index in [2.05, 4.69) is 23.3 Å². The third-order valence-electron chi connectivity index (χ3n) is 2.45. The van der Waals surface area contributed by atoms with Crippen molar-refractivity contribution in [3.8, 4) is 0 Å². The zero-order chi connectivity index (χ0) is 13.0. The van der Waals surface area contributed by atoms with Crippen LogP contribution in [-0.4, -0.2) is 21.3 Å². The minimum atomic E-state index is -3.25. The first-order valence-electron chi connectivity index (χ1n) is 6.55. The largest absolute Gasteiger partial charge is 0.270 e. The molecule has 0 heterocycles. The standard InChI is InChI=1S/C13H26O3S/c1-3-4-5-6-7-8-9-10-11-12-13-16-17(2,14)15/h6-7H,3-5,8-13H2,1-2H3. The Hall–Kier alpha value is -0.350. The molecule has 0 aliphatic carbocycles. The van der Waals surface area contributed by atoms with Crippen molar-refractivity contribution in [2.75, 3.05) is 12.9 Å². The van der Waals surface area contributed by atoms with Crippen LogP contribution in [0.3, 0.4) is 0 Å². The fraction of sp³-hybridized carbons (Fsp3) is 0.846. The van der Waals surface area contributed by atoms with Crippen LogP contribution >= 0.6 is 0 Å². The second kappa shape index (κ2) is 10.8. The molecule has 0 aliphatic rings. The molecule has 0 saturated heterocycles. The quantitative estimate of drug-likeness (QED) is 0.324. The van der Waals surface area contributed by atoms with Gasteiger partial charge in [-0.05, 0) is 25.7 Å². The van der Waals surface area contributed by atoms with Gasteiger partial charge in [-0.2, -0.15) is 8.42 Å². The molecule has 0 radical (unpaired) electrons. The third-order valence-corrected chi connectivity index (χ3v) is 3.05. The molecule has 0 fully saturated rings. The summed E-state index contributed by atoms with van der Waals surface area (Å²) in [5.41, 5.74) is 0. The first-order chi connectivity index (χ1) is 8.06. The monoisotopic (exact) mass is 262 g/mol. The maximum absolute atomic E-state index is 10.7. The van der Waals surface area contributed by atoms with Crippen molar-refractivity contribution < 1.29 is 12.6 Å². The molecule has 3 nitrogen and oxygen atoms in total. The van der Waals surface area contributed by atoms with Crippen LogP contribution in [0.15, 0.2) is 12.2 Å². The summed E-state index contributed by atoms with van der Waals surface area (Å²) in [6.45, 7) is 2.53. The second-order valence-corrected chi connectivity index (χ2v) is 5.99. The van der Waals surface area contributed by atoms with Crippen LogP contribution in [0.25, 0.3) is 0 Å². The molecule has 0 bridgehead atoms. The molecule has 102 valence electrons. The van der Waals surface area contributed by atoms with E-state index in [1.54, 1.807) is 0 Å². The Morgan fingerprint density at radius 3 is 2.12 bits per heavy atom. The molecular weight excluding hydrogens is 236 g/mol. The van der Waals surface area contributed by atoms with Gasteiger partial charge in [0.1, 0.15) is 0 Å². The molecule has 0 aliphatic heterocycles. The maximum Gasteiger partial charge on any atom is 0.264 e. The third kappa shape index (κ3) is 15.6. The molecule has 4 heteroatoms. The van der Waals surface area contributed by atoms with Crippen molar-refractivity contribution in [2.24, 2.45) is 0 Å². The summed E-state index contributed by atoms with van der Waals surface area (Å²) in [5.74, 6) is 0. The number of allylic oxidation sites excluding steroid dienone is 2. The average molecular weight is 262 g/mol. The number of hydrogen-bond acceptors (Lipinski definition) is 3. The normalized spacial score (nSPS) is 12.4. The summed E-state index contributed by atoms with van der Waals surface area (Å²) < 4.78 is 26.0. The van der Waals surface area contributed by atoms with Crippen LogP contribution in [0.5, 0.6) is 0 Å². The van der Waals surface area contributed by atoms with Gasteiger partial charge in [-0.3, -0.25) is 4.18 Å². The van der Waals surface area contributed by atoms with E-state index < -0.39 is 10.1 Å². The number of hydrogen-bond donors (Lipinski definition) is 0. The van der Waals surface area contributed by atoms with E-state index in [0.29, 0.717) is 6.61 Å². The van der Waals surface area contributed by atoms with Crippen LogP contribution in [0.4, 0.5) is 0 Å². The van der Waals surface area contributed by atoms with Gasteiger partial charge in [0.05, 0.1) is 12.9 Å². The van der Waals surface area contributed by atoms with E-state index in [-0.39, 0.29) is 0 Å². The van der Waals surface area contributed by atoms with Crippen molar-refractivity contribution in [1.29, 1.82) is 0 Å². The van der Waals surface area contributed by atoms with Crippen LogP contribution < -0.4 is 0 Å². The van der Waals surface area contributed by atoms with E-state index in [0.717, 1.165) is 31.9 Å². The van der Waals surface area contributed by atoms with Gasteiger partial charge in [0, 0.05) is 0 Å². The molecule has 0 aromatic rings. The first-order valence-corrected chi connectivity index (χ1v) is 8.37. The van der Waals surface area contributed by atoms with Gasteiger partial charge in [-0.1, -0.05) is 44.8 Å². The van der Waals surface area contributed by atoms with E-state index in [1.807, 2.05) is 0 Å². The zero-order valence-electron chi connectivity index (χ0n) is 11.2.